The second kappa shape index (κ2) is 7.40. The predicted molar refractivity (Wildman–Crippen MR) is 114 cm³/mol. The maximum absolute atomic E-state index is 13.2. The SMILES string of the molecule is CN(C)S(=O)(=O)c1ccc(NC(=O)c2c3c(nc4ccc(Cl)cc24)CCC3)cc1. The summed E-state index contributed by atoms with van der Waals surface area (Å²) in [5.41, 5.74) is 3.77. The first kappa shape index (κ1) is 19.8. The zero-order valence-corrected chi connectivity index (χ0v) is 17.6. The van der Waals surface area contributed by atoms with Crippen molar-refractivity contribution < 1.29 is 13.2 Å². The molecule has 1 aromatic heterocycles. The molecule has 3 aromatic rings. The van der Waals surface area contributed by atoms with E-state index in [4.69, 9.17) is 16.6 Å². The number of hydrogen-bond donors (Lipinski definition) is 1. The Morgan fingerprint density at radius 2 is 1.83 bits per heavy atom. The summed E-state index contributed by atoms with van der Waals surface area (Å²) in [6.07, 6.45) is 2.61. The van der Waals surface area contributed by atoms with Crippen LogP contribution in [0, 0.1) is 0 Å². The highest BCUT2D eigenvalue weighted by Gasteiger charge is 2.24. The van der Waals surface area contributed by atoms with Gasteiger partial charge in [0.25, 0.3) is 5.91 Å². The Balaban J connectivity index is 1.71. The molecular formula is C21H20ClN3O3S. The summed E-state index contributed by atoms with van der Waals surface area (Å²) in [6.45, 7) is 0. The lowest BCUT2D eigenvalue weighted by atomic mass is 10.0. The Kier molecular flexibility index (Phi) is 5.06. The van der Waals surface area contributed by atoms with Crippen LogP contribution in [-0.2, 0) is 22.9 Å². The molecule has 29 heavy (non-hydrogen) atoms. The number of amides is 1. The van der Waals surface area contributed by atoms with Crippen molar-refractivity contribution >= 4 is 44.1 Å². The van der Waals surface area contributed by atoms with Crippen molar-refractivity contribution in [3.8, 4) is 0 Å². The molecule has 0 saturated heterocycles. The largest absolute Gasteiger partial charge is 0.322 e. The maximum atomic E-state index is 13.2. The lowest BCUT2D eigenvalue weighted by Crippen LogP contribution is -2.22. The van der Waals surface area contributed by atoms with E-state index in [1.54, 1.807) is 24.3 Å². The van der Waals surface area contributed by atoms with Gasteiger partial charge in [-0.2, -0.15) is 0 Å². The van der Waals surface area contributed by atoms with Gasteiger partial charge in [0.15, 0.2) is 0 Å². The van der Waals surface area contributed by atoms with E-state index >= 15 is 0 Å². The van der Waals surface area contributed by atoms with Crippen LogP contribution in [0.5, 0.6) is 0 Å². The minimum Gasteiger partial charge on any atom is -0.322 e. The molecule has 1 aliphatic rings. The first-order valence-electron chi connectivity index (χ1n) is 9.22. The number of nitrogens with zero attached hydrogens (tertiary/aromatic N) is 2. The molecule has 4 rings (SSSR count). The summed E-state index contributed by atoms with van der Waals surface area (Å²) in [7, 11) is -0.563. The Labute approximate surface area is 174 Å². The molecule has 0 fully saturated rings. The zero-order valence-electron chi connectivity index (χ0n) is 16.1. The standard InChI is InChI=1S/C21H20ClN3O3S/c1-25(2)29(27,28)15-9-7-14(8-10-15)23-21(26)20-16-4-3-5-18(16)24-19-11-6-13(22)12-17(19)20/h6-12H,3-5H2,1-2H3,(H,23,26). The second-order valence-electron chi connectivity index (χ2n) is 7.19. The molecule has 1 heterocycles. The van der Waals surface area contributed by atoms with E-state index in [0.29, 0.717) is 16.3 Å². The van der Waals surface area contributed by atoms with E-state index in [1.807, 2.05) is 6.07 Å². The van der Waals surface area contributed by atoms with Gasteiger partial charge in [-0.3, -0.25) is 9.78 Å². The van der Waals surface area contributed by atoms with Crippen molar-refractivity contribution in [2.45, 2.75) is 24.2 Å². The number of aromatic nitrogens is 1. The van der Waals surface area contributed by atoms with Crippen molar-refractivity contribution in [1.29, 1.82) is 0 Å². The summed E-state index contributed by atoms with van der Waals surface area (Å²) in [4.78, 5) is 18.0. The minimum atomic E-state index is -3.52. The van der Waals surface area contributed by atoms with Gasteiger partial charge >= 0.3 is 0 Å². The van der Waals surface area contributed by atoms with Crippen LogP contribution in [0.15, 0.2) is 47.4 Å². The molecule has 0 bridgehead atoms. The van der Waals surface area contributed by atoms with Gasteiger partial charge in [-0.05, 0) is 67.3 Å². The topological polar surface area (TPSA) is 79.4 Å². The Hall–Kier alpha value is -2.48. The zero-order chi connectivity index (χ0) is 20.8. The number of sulfonamides is 1. The molecule has 1 amide bonds. The Morgan fingerprint density at radius 1 is 1.10 bits per heavy atom. The summed E-state index contributed by atoms with van der Waals surface area (Å²) >= 11 is 6.17. The quantitative estimate of drug-likeness (QED) is 0.682. The number of nitrogens with one attached hydrogen (secondary N) is 1. The fourth-order valence-corrected chi connectivity index (χ4v) is 4.68. The third-order valence-corrected chi connectivity index (χ3v) is 7.16. The number of aryl methyl sites for hydroxylation is 1. The molecule has 0 atom stereocenters. The van der Waals surface area contributed by atoms with Gasteiger partial charge in [0.2, 0.25) is 10.0 Å². The van der Waals surface area contributed by atoms with Gasteiger partial charge in [-0.25, -0.2) is 12.7 Å². The Bertz CT molecular complexity index is 1220. The summed E-state index contributed by atoms with van der Waals surface area (Å²) in [5.74, 6) is -0.249. The Morgan fingerprint density at radius 3 is 2.52 bits per heavy atom. The van der Waals surface area contributed by atoms with Gasteiger partial charge in [0, 0.05) is 35.9 Å². The van der Waals surface area contributed by atoms with Crippen LogP contribution < -0.4 is 5.32 Å². The summed E-state index contributed by atoms with van der Waals surface area (Å²) in [5, 5.41) is 4.16. The predicted octanol–water partition coefficient (Wildman–Crippen LogP) is 3.88. The van der Waals surface area contributed by atoms with Gasteiger partial charge in [-0.15, -0.1) is 0 Å². The monoisotopic (exact) mass is 429 g/mol. The molecule has 2 aromatic carbocycles. The third kappa shape index (κ3) is 3.61. The van der Waals surface area contributed by atoms with Crippen molar-refractivity contribution in [2.75, 3.05) is 19.4 Å². The number of carbonyl (C=O) groups excluding carboxylic acids is 1. The van der Waals surface area contributed by atoms with Crippen molar-refractivity contribution in [1.82, 2.24) is 9.29 Å². The summed E-state index contributed by atoms with van der Waals surface area (Å²) < 4.78 is 25.6. The van der Waals surface area contributed by atoms with E-state index < -0.39 is 10.0 Å². The van der Waals surface area contributed by atoms with E-state index in [1.165, 1.54) is 26.2 Å². The van der Waals surface area contributed by atoms with Crippen molar-refractivity contribution in [3.05, 3.63) is 64.3 Å². The van der Waals surface area contributed by atoms with Crippen LogP contribution in [0.25, 0.3) is 10.9 Å². The molecule has 8 heteroatoms. The molecule has 150 valence electrons. The number of benzene rings is 2. The van der Waals surface area contributed by atoms with Gasteiger partial charge in [-0.1, -0.05) is 11.6 Å². The average Bonchev–Trinajstić information content (AvgIpc) is 3.14. The van der Waals surface area contributed by atoms with Crippen LogP contribution in [0.2, 0.25) is 5.02 Å². The number of carbonyl (C=O) groups is 1. The van der Waals surface area contributed by atoms with Crippen LogP contribution in [0.1, 0.15) is 28.0 Å². The second-order valence-corrected chi connectivity index (χ2v) is 9.78. The average molecular weight is 430 g/mol. The highest BCUT2D eigenvalue weighted by atomic mass is 35.5. The van der Waals surface area contributed by atoms with E-state index in [-0.39, 0.29) is 10.8 Å². The molecule has 1 aliphatic carbocycles. The minimum absolute atomic E-state index is 0.169. The first-order chi connectivity index (χ1) is 13.8. The molecule has 1 N–H and O–H groups in total. The molecule has 0 spiro atoms. The number of rotatable bonds is 4. The number of halogens is 1. The van der Waals surface area contributed by atoms with Crippen LogP contribution in [-0.4, -0.2) is 37.7 Å². The third-order valence-electron chi connectivity index (χ3n) is 5.09. The summed E-state index contributed by atoms with van der Waals surface area (Å²) in [6, 6.07) is 11.5. The van der Waals surface area contributed by atoms with Gasteiger partial charge < -0.3 is 5.32 Å². The first-order valence-corrected chi connectivity index (χ1v) is 11.0. The van der Waals surface area contributed by atoms with Crippen molar-refractivity contribution in [2.24, 2.45) is 0 Å². The van der Waals surface area contributed by atoms with Gasteiger partial charge in [0.05, 0.1) is 16.0 Å². The maximum Gasteiger partial charge on any atom is 0.256 e. The molecule has 0 saturated carbocycles. The molecule has 0 aliphatic heterocycles. The molecular weight excluding hydrogens is 410 g/mol. The highest BCUT2D eigenvalue weighted by Crippen LogP contribution is 2.32. The number of pyridine rings is 1. The van der Waals surface area contributed by atoms with Gasteiger partial charge in [0.1, 0.15) is 0 Å². The van der Waals surface area contributed by atoms with E-state index in [0.717, 1.165) is 45.7 Å². The molecule has 6 nitrogen and oxygen atoms in total. The fourth-order valence-electron chi connectivity index (χ4n) is 3.61. The lowest BCUT2D eigenvalue weighted by Gasteiger charge is -2.14. The van der Waals surface area contributed by atoms with Crippen LogP contribution >= 0.6 is 11.6 Å². The highest BCUT2D eigenvalue weighted by molar-refractivity contribution is 7.89. The molecule has 0 radical (unpaired) electrons. The smallest absolute Gasteiger partial charge is 0.256 e. The normalized spacial score (nSPS) is 13.7. The lowest BCUT2D eigenvalue weighted by molar-refractivity contribution is 0.102. The van der Waals surface area contributed by atoms with Crippen LogP contribution in [0.3, 0.4) is 0 Å². The molecule has 0 unspecified atom stereocenters. The van der Waals surface area contributed by atoms with E-state index in [9.17, 15) is 13.2 Å². The fraction of sp³-hybridized carbons (Fsp3) is 0.238. The number of hydrogen-bond acceptors (Lipinski definition) is 4. The number of fused-ring (bicyclic) bond motifs is 2. The van der Waals surface area contributed by atoms with Crippen molar-refractivity contribution in [3.63, 3.8) is 0 Å². The van der Waals surface area contributed by atoms with E-state index in [2.05, 4.69) is 5.32 Å². The van der Waals surface area contributed by atoms with Crippen LogP contribution in [0.4, 0.5) is 5.69 Å². The number of anilines is 1.